The van der Waals surface area contributed by atoms with E-state index < -0.39 is 15.3 Å². The lowest BCUT2D eigenvalue weighted by atomic mass is 10.1. The number of carbonyl (C=O) groups is 1. The van der Waals surface area contributed by atoms with Crippen LogP contribution in [0.25, 0.3) is 10.9 Å². The molecule has 178 valence electrons. The Morgan fingerprint density at radius 2 is 2.03 bits per heavy atom. The second-order valence-electron chi connectivity index (χ2n) is 8.73. The number of pyridine rings is 2. The first-order valence-electron chi connectivity index (χ1n) is 11.0. The number of halogens is 2. The molecule has 8 nitrogen and oxygen atoms in total. The summed E-state index contributed by atoms with van der Waals surface area (Å²) in [5, 5.41) is 4.36. The van der Waals surface area contributed by atoms with Crippen LogP contribution in [0.3, 0.4) is 0 Å². The van der Waals surface area contributed by atoms with Crippen LogP contribution in [0.15, 0.2) is 47.2 Å². The van der Waals surface area contributed by atoms with Crippen LogP contribution >= 0.6 is 27.5 Å². The molecule has 1 aliphatic heterocycles. The van der Waals surface area contributed by atoms with Gasteiger partial charge in [0.05, 0.1) is 21.9 Å². The molecule has 0 unspecified atom stereocenters. The Hall–Kier alpha value is -2.27. The summed E-state index contributed by atoms with van der Waals surface area (Å²) in [6, 6.07) is 9.59. The summed E-state index contributed by atoms with van der Waals surface area (Å²) >= 11 is 9.81. The number of amides is 1. The number of hydrogen-bond donors (Lipinski definition) is 2. The van der Waals surface area contributed by atoms with Gasteiger partial charge in [0.15, 0.2) is 5.82 Å². The number of sulfonamides is 1. The molecule has 1 amide bonds. The van der Waals surface area contributed by atoms with E-state index in [-0.39, 0.29) is 11.8 Å². The first-order chi connectivity index (χ1) is 16.3. The highest BCUT2D eigenvalue weighted by molar-refractivity contribution is 9.10. The number of anilines is 2. The number of hydrogen-bond acceptors (Lipinski definition) is 7. The highest BCUT2D eigenvalue weighted by Crippen LogP contribution is 2.33. The minimum Gasteiger partial charge on any atom is -0.337 e. The first kappa shape index (κ1) is 23.5. The molecule has 34 heavy (non-hydrogen) atoms. The average Bonchev–Trinajstić information content (AvgIpc) is 3.57. The van der Waals surface area contributed by atoms with E-state index in [9.17, 15) is 13.2 Å². The second-order valence-corrected chi connectivity index (χ2v) is 11.9. The second kappa shape index (κ2) is 9.41. The maximum Gasteiger partial charge on any atom is 0.237 e. The minimum atomic E-state index is -3.51. The van der Waals surface area contributed by atoms with Crippen molar-refractivity contribution in [1.29, 1.82) is 0 Å². The van der Waals surface area contributed by atoms with Crippen molar-refractivity contribution in [2.45, 2.75) is 31.1 Å². The van der Waals surface area contributed by atoms with Gasteiger partial charge in [-0.25, -0.2) is 13.4 Å². The molecular weight excluding hydrogens is 542 g/mol. The zero-order valence-corrected chi connectivity index (χ0v) is 21.3. The van der Waals surface area contributed by atoms with Crippen LogP contribution in [0.5, 0.6) is 0 Å². The number of nitrogens with zero attached hydrogens (tertiary/aromatic N) is 3. The van der Waals surface area contributed by atoms with E-state index in [0.717, 1.165) is 33.2 Å². The van der Waals surface area contributed by atoms with Gasteiger partial charge in [-0.2, -0.15) is 0 Å². The monoisotopic (exact) mass is 563 g/mol. The van der Waals surface area contributed by atoms with Crippen LogP contribution in [0.1, 0.15) is 24.8 Å². The average molecular weight is 565 g/mol. The molecule has 1 aromatic carbocycles. The fraction of sp³-hybridized carbons (Fsp3) is 0.348. The van der Waals surface area contributed by atoms with Crippen molar-refractivity contribution in [2.75, 3.05) is 18.4 Å². The third kappa shape index (κ3) is 5.05. The number of benzene rings is 1. The minimum absolute atomic E-state index is 0.322. The van der Waals surface area contributed by atoms with E-state index in [0.29, 0.717) is 43.2 Å². The zero-order chi connectivity index (χ0) is 23.9. The van der Waals surface area contributed by atoms with Gasteiger partial charge in [0.1, 0.15) is 5.52 Å². The number of nitrogens with one attached hydrogen (secondary N) is 2. The number of fused-ring (bicyclic) bond motifs is 1. The van der Waals surface area contributed by atoms with Gasteiger partial charge >= 0.3 is 0 Å². The standard InChI is InChI=1S/C23H23BrClN5O3S/c24-18-2-1-3-19(20(18)25)28-22-21-15(6-8-26-22)10-14(11-27-21)12-30-9-7-16(13-30)23(31)29-34(32,33)17-4-5-17/h1-3,6,8,10-11,16-17H,4-5,7,9,12-13H2,(H,26,28)(H,29,31)/t16-/m1/s1. The summed E-state index contributed by atoms with van der Waals surface area (Å²) in [5.74, 6) is -0.102. The van der Waals surface area contributed by atoms with Gasteiger partial charge in [-0.3, -0.25) is 19.4 Å². The highest BCUT2D eigenvalue weighted by Gasteiger charge is 2.39. The number of rotatable bonds is 7. The van der Waals surface area contributed by atoms with Gasteiger partial charge in [0.25, 0.3) is 0 Å². The maximum absolute atomic E-state index is 12.4. The van der Waals surface area contributed by atoms with Crippen molar-refractivity contribution in [2.24, 2.45) is 5.92 Å². The molecule has 5 rings (SSSR count). The van der Waals surface area contributed by atoms with Crippen molar-refractivity contribution in [3.8, 4) is 0 Å². The van der Waals surface area contributed by atoms with Crippen molar-refractivity contribution in [3.63, 3.8) is 0 Å². The summed E-state index contributed by atoms with van der Waals surface area (Å²) in [6.07, 6.45) is 5.44. The van der Waals surface area contributed by atoms with E-state index in [2.05, 4.69) is 46.9 Å². The Labute approximate surface area is 211 Å². The molecule has 0 radical (unpaired) electrons. The van der Waals surface area contributed by atoms with Gasteiger partial charge in [0, 0.05) is 35.3 Å². The molecule has 2 aromatic heterocycles. The maximum atomic E-state index is 12.4. The molecule has 2 aliphatic rings. The summed E-state index contributed by atoms with van der Waals surface area (Å²) in [6.45, 7) is 1.88. The Kier molecular flexibility index (Phi) is 6.49. The van der Waals surface area contributed by atoms with E-state index in [1.807, 2.05) is 30.5 Å². The largest absolute Gasteiger partial charge is 0.337 e. The predicted molar refractivity (Wildman–Crippen MR) is 135 cm³/mol. The van der Waals surface area contributed by atoms with Gasteiger partial charge in [-0.15, -0.1) is 0 Å². The lowest BCUT2D eigenvalue weighted by molar-refractivity contribution is -0.122. The quantitative estimate of drug-likeness (QED) is 0.443. The van der Waals surface area contributed by atoms with Crippen molar-refractivity contribution < 1.29 is 13.2 Å². The molecule has 1 saturated heterocycles. The lowest BCUT2D eigenvalue weighted by Gasteiger charge is -2.17. The number of carbonyl (C=O) groups excluding carboxylic acids is 1. The molecule has 3 aromatic rings. The fourth-order valence-electron chi connectivity index (χ4n) is 4.15. The molecule has 2 N–H and O–H groups in total. The number of aromatic nitrogens is 2. The molecular formula is C23H23BrClN5O3S. The molecule has 1 saturated carbocycles. The lowest BCUT2D eigenvalue weighted by Crippen LogP contribution is -2.38. The van der Waals surface area contributed by atoms with Gasteiger partial charge in [0.2, 0.25) is 15.9 Å². The SMILES string of the molecule is O=C(NS(=O)(=O)C1CC1)[C@@H]1CCN(Cc2cnc3c(Nc4cccc(Br)c4Cl)nccc3c2)C1. The fourth-order valence-corrected chi connectivity index (χ4v) is 6.05. The molecule has 2 fully saturated rings. The van der Waals surface area contributed by atoms with E-state index >= 15 is 0 Å². The summed E-state index contributed by atoms with van der Waals surface area (Å²) in [4.78, 5) is 23.7. The van der Waals surface area contributed by atoms with Crippen molar-refractivity contribution >= 4 is 65.9 Å². The summed E-state index contributed by atoms with van der Waals surface area (Å²) in [5.41, 5.74) is 2.47. The molecule has 0 bridgehead atoms. The third-order valence-electron chi connectivity index (χ3n) is 6.12. The molecule has 1 aliphatic carbocycles. The van der Waals surface area contributed by atoms with Crippen LogP contribution in [0.2, 0.25) is 5.02 Å². The normalized spacial score (nSPS) is 18.8. The molecule has 0 spiro atoms. The molecule has 1 atom stereocenters. The topological polar surface area (TPSA) is 104 Å². The first-order valence-corrected chi connectivity index (χ1v) is 13.7. The van der Waals surface area contributed by atoms with Gasteiger partial charge in [-0.05, 0) is 71.6 Å². The predicted octanol–water partition coefficient (Wildman–Crippen LogP) is 4.22. The van der Waals surface area contributed by atoms with Crippen molar-refractivity contribution in [1.82, 2.24) is 19.6 Å². The van der Waals surface area contributed by atoms with Crippen LogP contribution < -0.4 is 10.0 Å². The van der Waals surface area contributed by atoms with Crippen LogP contribution in [-0.4, -0.2) is 47.5 Å². The van der Waals surface area contributed by atoms with Crippen LogP contribution in [0, 0.1) is 5.92 Å². The van der Waals surface area contributed by atoms with Gasteiger partial charge in [-0.1, -0.05) is 17.7 Å². The van der Waals surface area contributed by atoms with E-state index in [1.54, 1.807) is 6.20 Å². The van der Waals surface area contributed by atoms with Crippen molar-refractivity contribution in [3.05, 3.63) is 57.8 Å². The summed E-state index contributed by atoms with van der Waals surface area (Å²) < 4.78 is 27.2. The number of likely N-dealkylation sites (tertiary alicyclic amines) is 1. The van der Waals surface area contributed by atoms with E-state index in [4.69, 9.17) is 11.6 Å². The van der Waals surface area contributed by atoms with E-state index in [1.165, 1.54) is 0 Å². The Morgan fingerprint density at radius 3 is 2.82 bits per heavy atom. The third-order valence-corrected chi connectivity index (χ3v) is 9.25. The zero-order valence-electron chi connectivity index (χ0n) is 18.2. The van der Waals surface area contributed by atoms with Gasteiger partial charge < -0.3 is 5.32 Å². The Bertz CT molecular complexity index is 1370. The molecule has 11 heteroatoms. The Morgan fingerprint density at radius 1 is 1.21 bits per heavy atom. The van der Waals surface area contributed by atoms with Crippen LogP contribution in [-0.2, 0) is 21.4 Å². The smallest absolute Gasteiger partial charge is 0.237 e. The highest BCUT2D eigenvalue weighted by atomic mass is 79.9. The van der Waals surface area contributed by atoms with Crippen LogP contribution in [0.4, 0.5) is 11.5 Å². The Balaban J connectivity index is 1.26. The summed E-state index contributed by atoms with van der Waals surface area (Å²) in [7, 11) is -3.51. The molecule has 3 heterocycles.